The van der Waals surface area contributed by atoms with Crippen LogP contribution in [-0.4, -0.2) is 6.54 Å². The number of benzene rings is 1. The highest BCUT2D eigenvalue weighted by Crippen LogP contribution is 2.34. The summed E-state index contributed by atoms with van der Waals surface area (Å²) in [7, 11) is 0. The Morgan fingerprint density at radius 1 is 1.25 bits per heavy atom. The number of rotatable bonds is 7. The maximum Gasteiger partial charge on any atom is 0.0454 e. The average Bonchev–Trinajstić information content (AvgIpc) is 2.95. The predicted molar refractivity (Wildman–Crippen MR) is 88.7 cm³/mol. The van der Waals surface area contributed by atoms with E-state index in [1.807, 2.05) is 18.2 Å². The zero-order valence-electron chi connectivity index (χ0n) is 12.3. The van der Waals surface area contributed by atoms with E-state index in [-0.39, 0.29) is 0 Å². The van der Waals surface area contributed by atoms with Gasteiger partial charge < -0.3 is 5.32 Å². The SMILES string of the molecule is CCCNC(CCC1CCCC1)c1cc(Cl)ccc1Cl. The minimum atomic E-state index is 0.335. The van der Waals surface area contributed by atoms with Gasteiger partial charge in [0.1, 0.15) is 0 Å². The first-order valence-corrected chi connectivity index (χ1v) is 8.64. The van der Waals surface area contributed by atoms with Crippen molar-refractivity contribution in [2.75, 3.05) is 6.54 Å². The normalized spacial score (nSPS) is 17.6. The molecule has 0 spiro atoms. The monoisotopic (exact) mass is 313 g/mol. The van der Waals surface area contributed by atoms with Crippen molar-refractivity contribution in [3.63, 3.8) is 0 Å². The minimum Gasteiger partial charge on any atom is -0.310 e. The van der Waals surface area contributed by atoms with E-state index in [0.717, 1.165) is 40.9 Å². The van der Waals surface area contributed by atoms with Crippen LogP contribution in [0.4, 0.5) is 0 Å². The lowest BCUT2D eigenvalue weighted by molar-refractivity contribution is 0.412. The third kappa shape index (κ3) is 4.65. The summed E-state index contributed by atoms with van der Waals surface area (Å²) in [5, 5.41) is 5.23. The van der Waals surface area contributed by atoms with Crippen molar-refractivity contribution in [3.8, 4) is 0 Å². The molecular weight excluding hydrogens is 289 g/mol. The molecule has 0 aromatic heterocycles. The summed E-state index contributed by atoms with van der Waals surface area (Å²) in [6.07, 6.45) is 9.23. The minimum absolute atomic E-state index is 0.335. The summed E-state index contributed by atoms with van der Waals surface area (Å²) >= 11 is 12.5. The highest BCUT2D eigenvalue weighted by atomic mass is 35.5. The van der Waals surface area contributed by atoms with E-state index in [4.69, 9.17) is 23.2 Å². The van der Waals surface area contributed by atoms with Gasteiger partial charge in [0, 0.05) is 16.1 Å². The van der Waals surface area contributed by atoms with Gasteiger partial charge in [0.25, 0.3) is 0 Å². The van der Waals surface area contributed by atoms with E-state index in [9.17, 15) is 0 Å². The molecule has 1 aromatic carbocycles. The van der Waals surface area contributed by atoms with Crippen molar-refractivity contribution in [1.82, 2.24) is 5.32 Å². The lowest BCUT2D eigenvalue weighted by Gasteiger charge is -2.22. The molecule has 1 N–H and O–H groups in total. The highest BCUT2D eigenvalue weighted by Gasteiger charge is 2.19. The first-order valence-electron chi connectivity index (χ1n) is 7.89. The summed E-state index contributed by atoms with van der Waals surface area (Å²) in [6.45, 7) is 3.22. The molecule has 2 rings (SSSR count). The first kappa shape index (κ1) is 16.1. The molecule has 3 heteroatoms. The standard InChI is InChI=1S/C17H25Cl2N/c1-2-11-20-17(10-7-13-5-3-4-6-13)15-12-14(18)8-9-16(15)19/h8-9,12-13,17,20H,2-7,10-11H2,1H3. The molecule has 1 fully saturated rings. The van der Waals surface area contributed by atoms with Crippen LogP contribution in [0.1, 0.15) is 63.5 Å². The van der Waals surface area contributed by atoms with Gasteiger partial charge in [-0.1, -0.05) is 55.8 Å². The fourth-order valence-electron chi connectivity index (χ4n) is 3.17. The van der Waals surface area contributed by atoms with E-state index < -0.39 is 0 Å². The van der Waals surface area contributed by atoms with Crippen LogP contribution >= 0.6 is 23.2 Å². The van der Waals surface area contributed by atoms with Crippen molar-refractivity contribution in [1.29, 1.82) is 0 Å². The third-order valence-corrected chi connectivity index (χ3v) is 4.89. The molecule has 0 heterocycles. The molecule has 0 radical (unpaired) electrons. The molecule has 1 aliphatic rings. The van der Waals surface area contributed by atoms with Crippen LogP contribution in [0.3, 0.4) is 0 Å². The zero-order valence-corrected chi connectivity index (χ0v) is 13.8. The lowest BCUT2D eigenvalue weighted by Crippen LogP contribution is -2.23. The molecule has 0 amide bonds. The van der Waals surface area contributed by atoms with Gasteiger partial charge in [0.05, 0.1) is 0 Å². The van der Waals surface area contributed by atoms with Crippen LogP contribution in [0.25, 0.3) is 0 Å². The van der Waals surface area contributed by atoms with Crippen LogP contribution in [0.15, 0.2) is 18.2 Å². The molecule has 1 atom stereocenters. The summed E-state index contributed by atoms with van der Waals surface area (Å²) in [6, 6.07) is 6.13. The van der Waals surface area contributed by atoms with Crippen LogP contribution in [0, 0.1) is 5.92 Å². The van der Waals surface area contributed by atoms with E-state index >= 15 is 0 Å². The smallest absolute Gasteiger partial charge is 0.0454 e. The number of hydrogen-bond acceptors (Lipinski definition) is 1. The van der Waals surface area contributed by atoms with Crippen LogP contribution in [0.2, 0.25) is 10.0 Å². The molecule has 1 aliphatic carbocycles. The third-order valence-electron chi connectivity index (χ3n) is 4.31. The summed E-state index contributed by atoms with van der Waals surface area (Å²) in [5.41, 5.74) is 1.16. The second-order valence-corrected chi connectivity index (χ2v) is 6.74. The topological polar surface area (TPSA) is 12.0 Å². The van der Waals surface area contributed by atoms with Gasteiger partial charge in [-0.15, -0.1) is 0 Å². The molecule has 112 valence electrons. The molecular formula is C17H25Cl2N. The zero-order chi connectivity index (χ0) is 14.4. The van der Waals surface area contributed by atoms with E-state index in [0.29, 0.717) is 6.04 Å². The largest absolute Gasteiger partial charge is 0.310 e. The number of hydrogen-bond donors (Lipinski definition) is 1. The Morgan fingerprint density at radius 3 is 2.70 bits per heavy atom. The summed E-state index contributed by atoms with van der Waals surface area (Å²) in [4.78, 5) is 0. The summed E-state index contributed by atoms with van der Waals surface area (Å²) < 4.78 is 0. The maximum atomic E-state index is 6.37. The summed E-state index contributed by atoms with van der Waals surface area (Å²) in [5.74, 6) is 0.916. The van der Waals surface area contributed by atoms with Gasteiger partial charge in [-0.25, -0.2) is 0 Å². The molecule has 1 saturated carbocycles. The van der Waals surface area contributed by atoms with Gasteiger partial charge in [-0.05, 0) is 55.5 Å². The Morgan fingerprint density at radius 2 is 2.00 bits per heavy atom. The fraction of sp³-hybridized carbons (Fsp3) is 0.647. The Kier molecular flexibility index (Phi) is 6.67. The molecule has 1 nitrogen and oxygen atoms in total. The maximum absolute atomic E-state index is 6.37. The predicted octanol–water partition coefficient (Wildman–Crippen LogP) is 6.00. The van der Waals surface area contributed by atoms with E-state index in [1.165, 1.54) is 32.1 Å². The Balaban J connectivity index is 2.02. The average molecular weight is 314 g/mol. The van der Waals surface area contributed by atoms with Gasteiger partial charge in [-0.3, -0.25) is 0 Å². The van der Waals surface area contributed by atoms with Crippen molar-refractivity contribution < 1.29 is 0 Å². The molecule has 0 aliphatic heterocycles. The highest BCUT2D eigenvalue weighted by molar-refractivity contribution is 6.33. The van der Waals surface area contributed by atoms with Crippen LogP contribution in [-0.2, 0) is 0 Å². The molecule has 0 saturated heterocycles. The van der Waals surface area contributed by atoms with Crippen molar-refractivity contribution in [2.45, 2.75) is 57.9 Å². The second-order valence-electron chi connectivity index (χ2n) is 5.90. The van der Waals surface area contributed by atoms with Crippen LogP contribution < -0.4 is 5.32 Å². The van der Waals surface area contributed by atoms with Crippen molar-refractivity contribution in [3.05, 3.63) is 33.8 Å². The van der Waals surface area contributed by atoms with Crippen LogP contribution in [0.5, 0.6) is 0 Å². The van der Waals surface area contributed by atoms with Gasteiger partial charge in [-0.2, -0.15) is 0 Å². The number of nitrogens with one attached hydrogen (secondary N) is 1. The molecule has 1 unspecified atom stereocenters. The Bertz CT molecular complexity index is 413. The van der Waals surface area contributed by atoms with Gasteiger partial charge in [0.15, 0.2) is 0 Å². The van der Waals surface area contributed by atoms with Crippen molar-refractivity contribution in [2.24, 2.45) is 5.92 Å². The molecule has 20 heavy (non-hydrogen) atoms. The fourth-order valence-corrected chi connectivity index (χ4v) is 3.60. The van der Waals surface area contributed by atoms with Gasteiger partial charge in [0.2, 0.25) is 0 Å². The first-order chi connectivity index (χ1) is 9.70. The molecule has 1 aromatic rings. The number of halogens is 2. The van der Waals surface area contributed by atoms with E-state index in [2.05, 4.69) is 12.2 Å². The lowest BCUT2D eigenvalue weighted by atomic mass is 9.94. The van der Waals surface area contributed by atoms with Crippen molar-refractivity contribution >= 4 is 23.2 Å². The van der Waals surface area contributed by atoms with E-state index in [1.54, 1.807) is 0 Å². The Labute approximate surface area is 133 Å². The second kappa shape index (κ2) is 8.26. The van der Waals surface area contributed by atoms with Gasteiger partial charge >= 0.3 is 0 Å². The molecule has 0 bridgehead atoms. The Hall–Kier alpha value is -0.240. The quantitative estimate of drug-likeness (QED) is 0.650.